The second kappa shape index (κ2) is 10.3. The first-order valence-electron chi connectivity index (χ1n) is 12.0. The average molecular weight is 496 g/mol. The molecule has 0 aromatic heterocycles. The molecular weight excluding hydrogens is 466 g/mol. The summed E-state index contributed by atoms with van der Waals surface area (Å²) in [5.74, 6) is 1.88. The fourth-order valence-corrected chi connectivity index (χ4v) is 4.52. The molecule has 0 aliphatic carbocycles. The normalized spacial score (nSPS) is 19.2. The summed E-state index contributed by atoms with van der Waals surface area (Å²) >= 11 is 0. The molecule has 1 N–H and O–H groups in total. The van der Waals surface area contributed by atoms with E-state index in [1.54, 1.807) is 24.1 Å². The molecule has 2 aromatic rings. The number of fused-ring (bicyclic) bond motifs is 1. The van der Waals surface area contributed by atoms with Crippen molar-refractivity contribution in [1.29, 1.82) is 0 Å². The van der Waals surface area contributed by atoms with E-state index in [-0.39, 0.29) is 18.6 Å². The van der Waals surface area contributed by atoms with Gasteiger partial charge in [-0.1, -0.05) is 17.3 Å². The van der Waals surface area contributed by atoms with E-state index in [0.29, 0.717) is 63.6 Å². The zero-order valence-corrected chi connectivity index (χ0v) is 20.2. The van der Waals surface area contributed by atoms with E-state index in [2.05, 4.69) is 10.5 Å². The molecule has 2 fully saturated rings. The minimum Gasteiger partial charge on any atom is -0.497 e. The lowest BCUT2D eigenvalue weighted by Crippen LogP contribution is -2.49. The van der Waals surface area contributed by atoms with Crippen molar-refractivity contribution in [3.05, 3.63) is 53.6 Å². The van der Waals surface area contributed by atoms with Crippen molar-refractivity contribution in [1.82, 2.24) is 10.2 Å². The highest BCUT2D eigenvalue weighted by Crippen LogP contribution is 2.31. The maximum atomic E-state index is 12.7. The molecule has 2 saturated heterocycles. The molecule has 3 aliphatic rings. The van der Waals surface area contributed by atoms with Crippen molar-refractivity contribution in [2.24, 2.45) is 5.16 Å². The van der Waals surface area contributed by atoms with Crippen LogP contribution >= 0.6 is 0 Å². The van der Waals surface area contributed by atoms with Gasteiger partial charge < -0.3 is 34.0 Å². The van der Waals surface area contributed by atoms with Crippen LogP contribution in [0.1, 0.15) is 30.4 Å². The topological polar surface area (TPSA) is 108 Å². The van der Waals surface area contributed by atoms with Gasteiger partial charge in [0.15, 0.2) is 6.61 Å². The van der Waals surface area contributed by atoms with Gasteiger partial charge in [-0.2, -0.15) is 0 Å². The molecule has 3 heterocycles. The molecule has 190 valence electrons. The van der Waals surface area contributed by atoms with Gasteiger partial charge in [-0.05, 0) is 29.8 Å². The quantitative estimate of drug-likeness (QED) is 0.589. The third kappa shape index (κ3) is 5.32. The van der Waals surface area contributed by atoms with Crippen LogP contribution in [0.3, 0.4) is 0 Å². The Morgan fingerprint density at radius 2 is 1.92 bits per heavy atom. The maximum absolute atomic E-state index is 12.7. The number of ether oxygens (including phenoxy) is 4. The highest BCUT2D eigenvalue weighted by molar-refractivity contribution is 6.03. The summed E-state index contributed by atoms with van der Waals surface area (Å²) in [4.78, 5) is 31.4. The number of carbonyl (C=O) groups excluding carboxylic acids is 2. The number of likely N-dealkylation sites (tertiary alicyclic amines) is 1. The van der Waals surface area contributed by atoms with Gasteiger partial charge in [0.1, 0.15) is 29.5 Å². The van der Waals surface area contributed by atoms with Crippen LogP contribution < -0.4 is 19.5 Å². The predicted octanol–water partition coefficient (Wildman–Crippen LogP) is 2.88. The number of nitrogens with one attached hydrogen (secondary N) is 1. The summed E-state index contributed by atoms with van der Waals surface area (Å²) in [5, 5.41) is 7.03. The molecule has 0 radical (unpaired) electrons. The van der Waals surface area contributed by atoms with Crippen LogP contribution in [0.2, 0.25) is 0 Å². The van der Waals surface area contributed by atoms with Gasteiger partial charge in [0, 0.05) is 44.0 Å². The Bertz CT molecular complexity index is 1140. The Morgan fingerprint density at radius 3 is 2.64 bits per heavy atom. The van der Waals surface area contributed by atoms with E-state index in [1.165, 1.54) is 0 Å². The lowest BCUT2D eigenvalue weighted by Gasteiger charge is -2.37. The number of hydrogen-bond acceptors (Lipinski definition) is 8. The molecule has 0 bridgehead atoms. The number of oxime groups is 1. The van der Waals surface area contributed by atoms with Gasteiger partial charge in [-0.3, -0.25) is 4.79 Å². The minimum atomic E-state index is -0.484. The molecule has 10 nitrogen and oxygen atoms in total. The number of hydrogen-bond donors (Lipinski definition) is 1. The van der Waals surface area contributed by atoms with Crippen molar-refractivity contribution in [3.63, 3.8) is 0 Å². The summed E-state index contributed by atoms with van der Waals surface area (Å²) in [6.45, 7) is 2.31. The van der Waals surface area contributed by atoms with Crippen molar-refractivity contribution >= 4 is 17.7 Å². The molecule has 10 heteroatoms. The first kappa shape index (κ1) is 23.8. The van der Waals surface area contributed by atoms with Crippen LogP contribution in [0.4, 0.5) is 4.79 Å². The Hall–Kier alpha value is -3.95. The molecule has 2 amide bonds. The summed E-state index contributed by atoms with van der Waals surface area (Å²) in [6.07, 6.45) is 1.49. The van der Waals surface area contributed by atoms with Gasteiger partial charge >= 0.3 is 6.09 Å². The zero-order chi connectivity index (χ0) is 25.0. The predicted molar refractivity (Wildman–Crippen MR) is 129 cm³/mol. The summed E-state index contributed by atoms with van der Waals surface area (Å²) in [5.41, 5.74) is 2.15. The summed E-state index contributed by atoms with van der Waals surface area (Å²) < 4.78 is 22.1. The first-order valence-corrected chi connectivity index (χ1v) is 12.0. The smallest absolute Gasteiger partial charge is 0.407 e. The third-order valence-corrected chi connectivity index (χ3v) is 6.68. The monoisotopic (exact) mass is 495 g/mol. The molecule has 5 rings (SSSR count). The standard InChI is InChI=1S/C26H29N3O7/c1-32-19-4-2-18(3-5-19)15-35-28-22-8-13-33-23-14-20(6-7-21(22)23)34-16-24(30)29-11-9-26(10-12-29)17-27-25(31)36-26/h2-7,14H,8-13,15-17H2,1H3,(H,27,31)/b28-22+. The first-order chi connectivity index (χ1) is 17.5. The number of piperidine rings is 1. The molecule has 3 aliphatic heterocycles. The van der Waals surface area contributed by atoms with Crippen molar-refractivity contribution < 1.29 is 33.4 Å². The molecule has 0 unspecified atom stereocenters. The highest BCUT2D eigenvalue weighted by Gasteiger charge is 2.43. The van der Waals surface area contributed by atoms with Crippen LogP contribution in [0, 0.1) is 0 Å². The number of alkyl carbamates (subject to hydrolysis) is 1. The van der Waals surface area contributed by atoms with Gasteiger partial charge in [-0.25, -0.2) is 4.79 Å². The fraction of sp³-hybridized carbons (Fsp3) is 0.423. The molecule has 2 aromatic carbocycles. The van der Waals surface area contributed by atoms with E-state index in [1.807, 2.05) is 30.3 Å². The van der Waals surface area contributed by atoms with Crippen LogP contribution in [0.5, 0.6) is 17.2 Å². The summed E-state index contributed by atoms with van der Waals surface area (Å²) in [7, 11) is 1.63. The van der Waals surface area contributed by atoms with E-state index < -0.39 is 5.60 Å². The van der Waals surface area contributed by atoms with Crippen molar-refractivity contribution in [2.45, 2.75) is 31.5 Å². The Morgan fingerprint density at radius 1 is 1.14 bits per heavy atom. The molecule has 0 saturated carbocycles. The number of amides is 2. The van der Waals surface area contributed by atoms with Crippen molar-refractivity contribution in [2.75, 3.05) is 40.0 Å². The number of carbonyl (C=O) groups is 2. The van der Waals surface area contributed by atoms with E-state index in [9.17, 15) is 9.59 Å². The number of methoxy groups -OCH3 is 1. The average Bonchev–Trinajstić information content (AvgIpc) is 3.27. The SMILES string of the molecule is COc1ccc(CO/N=C2\CCOc3cc(OCC(=O)N4CCC5(CC4)CNC(=O)O5)ccc32)cc1. The lowest BCUT2D eigenvalue weighted by molar-refractivity contribution is -0.136. The zero-order valence-electron chi connectivity index (χ0n) is 20.2. The molecule has 36 heavy (non-hydrogen) atoms. The molecule has 1 spiro atoms. The molecular formula is C26H29N3O7. The second-order valence-electron chi connectivity index (χ2n) is 9.01. The summed E-state index contributed by atoms with van der Waals surface area (Å²) in [6, 6.07) is 13.1. The van der Waals surface area contributed by atoms with Gasteiger partial charge in [0.25, 0.3) is 5.91 Å². The Labute approximate surface area is 209 Å². The fourth-order valence-electron chi connectivity index (χ4n) is 4.52. The number of nitrogens with zero attached hydrogens (tertiary/aromatic N) is 2. The van der Waals surface area contributed by atoms with Gasteiger partial charge in [-0.15, -0.1) is 0 Å². The Kier molecular flexibility index (Phi) is 6.84. The second-order valence-corrected chi connectivity index (χ2v) is 9.01. The van der Waals surface area contributed by atoms with Crippen molar-refractivity contribution in [3.8, 4) is 17.2 Å². The van der Waals surface area contributed by atoms with E-state index in [0.717, 1.165) is 22.6 Å². The number of benzene rings is 2. The van der Waals surface area contributed by atoms with Gasteiger partial charge in [0.05, 0.1) is 26.0 Å². The Balaban J connectivity index is 1.13. The molecule has 0 atom stereocenters. The van der Waals surface area contributed by atoms with E-state index >= 15 is 0 Å². The van der Waals surface area contributed by atoms with Crippen LogP contribution in [-0.4, -0.2) is 68.2 Å². The third-order valence-electron chi connectivity index (χ3n) is 6.68. The largest absolute Gasteiger partial charge is 0.497 e. The van der Waals surface area contributed by atoms with Crippen LogP contribution in [0.25, 0.3) is 0 Å². The maximum Gasteiger partial charge on any atom is 0.407 e. The lowest BCUT2D eigenvalue weighted by atomic mass is 9.91. The van der Waals surface area contributed by atoms with Crippen LogP contribution in [0.15, 0.2) is 47.6 Å². The van der Waals surface area contributed by atoms with Gasteiger partial charge in [0.2, 0.25) is 0 Å². The number of rotatable bonds is 7. The highest BCUT2D eigenvalue weighted by atomic mass is 16.6. The minimum absolute atomic E-state index is 0.0737. The van der Waals surface area contributed by atoms with E-state index in [4.69, 9.17) is 23.8 Å². The van der Waals surface area contributed by atoms with Crippen LogP contribution in [-0.2, 0) is 21.0 Å².